The average Bonchev–Trinajstić information content (AvgIpc) is 2.69. The summed E-state index contributed by atoms with van der Waals surface area (Å²) in [7, 11) is 0. The highest BCUT2D eigenvalue weighted by Gasteiger charge is 2.32. The van der Waals surface area contributed by atoms with Crippen LogP contribution in [0.3, 0.4) is 0 Å². The summed E-state index contributed by atoms with van der Waals surface area (Å²) in [6.07, 6.45) is 2.48. The number of aliphatic hydroxyl groups is 1. The van der Waals surface area contributed by atoms with Gasteiger partial charge in [0, 0.05) is 19.5 Å². The standard InChI is InChI=1S/C14H17NO2/c16-12-8-15(9-12)14(17)7-11-6-5-10-3-1-2-4-13(10)11/h1-4,11-12,16H,5-9H2. The molecule has 1 N–H and O–H groups in total. The Kier molecular flexibility index (Phi) is 2.63. The first-order valence-electron chi connectivity index (χ1n) is 6.27. The van der Waals surface area contributed by atoms with E-state index in [9.17, 15) is 9.90 Å². The predicted molar refractivity (Wildman–Crippen MR) is 64.7 cm³/mol. The van der Waals surface area contributed by atoms with Gasteiger partial charge in [0.2, 0.25) is 5.91 Å². The Morgan fingerprint density at radius 2 is 2.12 bits per heavy atom. The van der Waals surface area contributed by atoms with E-state index in [1.807, 2.05) is 0 Å². The molecule has 1 atom stereocenters. The summed E-state index contributed by atoms with van der Waals surface area (Å²) in [6, 6.07) is 8.42. The minimum absolute atomic E-state index is 0.192. The quantitative estimate of drug-likeness (QED) is 0.833. The van der Waals surface area contributed by atoms with Gasteiger partial charge >= 0.3 is 0 Å². The number of carbonyl (C=O) groups is 1. The van der Waals surface area contributed by atoms with Crippen molar-refractivity contribution in [3.63, 3.8) is 0 Å². The van der Waals surface area contributed by atoms with Crippen molar-refractivity contribution in [1.29, 1.82) is 0 Å². The lowest BCUT2D eigenvalue weighted by Crippen LogP contribution is -2.53. The van der Waals surface area contributed by atoms with Gasteiger partial charge in [-0.25, -0.2) is 0 Å². The van der Waals surface area contributed by atoms with Gasteiger partial charge in [-0.15, -0.1) is 0 Å². The first kappa shape index (κ1) is 10.8. The molecule has 3 nitrogen and oxygen atoms in total. The summed E-state index contributed by atoms with van der Waals surface area (Å²) in [6.45, 7) is 1.04. The molecule has 1 saturated heterocycles. The van der Waals surface area contributed by atoms with Crippen LogP contribution in [0.4, 0.5) is 0 Å². The van der Waals surface area contributed by atoms with E-state index in [1.165, 1.54) is 11.1 Å². The summed E-state index contributed by atoms with van der Waals surface area (Å²) in [5, 5.41) is 9.19. The van der Waals surface area contributed by atoms with Crippen LogP contribution in [0.2, 0.25) is 0 Å². The number of fused-ring (bicyclic) bond motifs is 1. The van der Waals surface area contributed by atoms with E-state index in [2.05, 4.69) is 24.3 Å². The van der Waals surface area contributed by atoms with Crippen LogP contribution in [0.25, 0.3) is 0 Å². The molecule has 1 aliphatic heterocycles. The van der Waals surface area contributed by atoms with Crippen molar-refractivity contribution in [2.75, 3.05) is 13.1 Å². The fourth-order valence-corrected chi connectivity index (χ4v) is 2.86. The molecule has 0 bridgehead atoms. The Labute approximate surface area is 101 Å². The predicted octanol–water partition coefficient (Wildman–Crippen LogP) is 1.31. The maximum atomic E-state index is 12.0. The molecule has 1 aliphatic carbocycles. The minimum Gasteiger partial charge on any atom is -0.389 e. The molecule has 1 aromatic rings. The molecule has 0 saturated carbocycles. The zero-order valence-electron chi connectivity index (χ0n) is 9.80. The van der Waals surface area contributed by atoms with E-state index in [0.717, 1.165) is 12.8 Å². The number of β-amino-alcohol motifs (C(OH)–C–C–N with tert-alkyl or cyclic N) is 1. The first-order chi connectivity index (χ1) is 8.24. The molecule has 1 heterocycles. The van der Waals surface area contributed by atoms with E-state index in [4.69, 9.17) is 0 Å². The second-order valence-electron chi connectivity index (χ2n) is 5.09. The maximum Gasteiger partial charge on any atom is 0.223 e. The molecular weight excluding hydrogens is 214 g/mol. The number of hydrogen-bond donors (Lipinski definition) is 1. The summed E-state index contributed by atoms with van der Waals surface area (Å²) in [4.78, 5) is 13.7. The van der Waals surface area contributed by atoms with E-state index in [1.54, 1.807) is 4.90 Å². The van der Waals surface area contributed by atoms with Crippen molar-refractivity contribution in [3.8, 4) is 0 Å². The van der Waals surface area contributed by atoms with Gasteiger partial charge in [0.05, 0.1) is 6.10 Å². The number of benzene rings is 1. The highest BCUT2D eigenvalue weighted by Crippen LogP contribution is 2.35. The van der Waals surface area contributed by atoms with Gasteiger partial charge in [0.25, 0.3) is 0 Å². The molecule has 0 radical (unpaired) electrons. The number of rotatable bonds is 2. The number of aliphatic hydroxyl groups excluding tert-OH is 1. The number of nitrogens with zero attached hydrogens (tertiary/aromatic N) is 1. The number of hydrogen-bond acceptors (Lipinski definition) is 2. The Morgan fingerprint density at radius 3 is 2.88 bits per heavy atom. The van der Waals surface area contributed by atoms with Crippen molar-refractivity contribution >= 4 is 5.91 Å². The Hall–Kier alpha value is -1.35. The van der Waals surface area contributed by atoms with Crippen LogP contribution in [-0.4, -0.2) is 35.1 Å². The van der Waals surface area contributed by atoms with Crippen LogP contribution in [0.5, 0.6) is 0 Å². The van der Waals surface area contributed by atoms with Crippen LogP contribution in [0.1, 0.15) is 29.9 Å². The number of carbonyl (C=O) groups excluding carboxylic acids is 1. The van der Waals surface area contributed by atoms with Gasteiger partial charge < -0.3 is 10.0 Å². The molecule has 0 aromatic heterocycles. The molecule has 90 valence electrons. The lowest BCUT2D eigenvalue weighted by molar-refractivity contribution is -0.141. The van der Waals surface area contributed by atoms with Crippen LogP contribution < -0.4 is 0 Å². The zero-order valence-corrected chi connectivity index (χ0v) is 9.80. The van der Waals surface area contributed by atoms with E-state index < -0.39 is 0 Å². The SMILES string of the molecule is O=C(CC1CCc2ccccc21)N1CC(O)C1. The molecule has 17 heavy (non-hydrogen) atoms. The third-order valence-corrected chi connectivity index (χ3v) is 3.89. The number of aryl methyl sites for hydroxylation is 1. The Morgan fingerprint density at radius 1 is 1.35 bits per heavy atom. The molecule has 1 aromatic carbocycles. The van der Waals surface area contributed by atoms with Crippen molar-refractivity contribution in [2.24, 2.45) is 0 Å². The van der Waals surface area contributed by atoms with Crippen LogP contribution in [0, 0.1) is 0 Å². The van der Waals surface area contributed by atoms with Crippen molar-refractivity contribution in [2.45, 2.75) is 31.3 Å². The van der Waals surface area contributed by atoms with Crippen LogP contribution >= 0.6 is 0 Å². The summed E-state index contributed by atoms with van der Waals surface area (Å²) in [5.74, 6) is 0.577. The lowest BCUT2D eigenvalue weighted by atomic mass is 9.96. The largest absolute Gasteiger partial charge is 0.389 e. The Bertz CT molecular complexity index is 438. The molecular formula is C14H17NO2. The van der Waals surface area contributed by atoms with E-state index in [-0.39, 0.29) is 12.0 Å². The molecule has 3 heteroatoms. The fraction of sp³-hybridized carbons (Fsp3) is 0.500. The second kappa shape index (κ2) is 4.15. The fourth-order valence-electron chi connectivity index (χ4n) is 2.86. The third kappa shape index (κ3) is 1.95. The zero-order chi connectivity index (χ0) is 11.8. The van der Waals surface area contributed by atoms with Crippen LogP contribution in [-0.2, 0) is 11.2 Å². The molecule has 1 amide bonds. The summed E-state index contributed by atoms with van der Waals surface area (Å²) in [5.41, 5.74) is 2.75. The normalized spacial score (nSPS) is 23.4. The monoisotopic (exact) mass is 231 g/mol. The first-order valence-corrected chi connectivity index (χ1v) is 6.27. The summed E-state index contributed by atoms with van der Waals surface area (Å²) < 4.78 is 0. The van der Waals surface area contributed by atoms with Crippen molar-refractivity contribution < 1.29 is 9.90 Å². The molecule has 1 fully saturated rings. The third-order valence-electron chi connectivity index (χ3n) is 3.89. The topological polar surface area (TPSA) is 40.5 Å². The average molecular weight is 231 g/mol. The highest BCUT2D eigenvalue weighted by molar-refractivity contribution is 5.78. The highest BCUT2D eigenvalue weighted by atomic mass is 16.3. The lowest BCUT2D eigenvalue weighted by Gasteiger charge is -2.36. The number of amides is 1. The maximum absolute atomic E-state index is 12.0. The van der Waals surface area contributed by atoms with Gasteiger partial charge in [0.15, 0.2) is 0 Å². The van der Waals surface area contributed by atoms with Gasteiger partial charge in [-0.2, -0.15) is 0 Å². The molecule has 3 rings (SSSR count). The van der Waals surface area contributed by atoms with Crippen molar-refractivity contribution in [1.82, 2.24) is 4.90 Å². The smallest absolute Gasteiger partial charge is 0.223 e. The van der Waals surface area contributed by atoms with Crippen LogP contribution in [0.15, 0.2) is 24.3 Å². The van der Waals surface area contributed by atoms with Gasteiger partial charge in [-0.05, 0) is 29.9 Å². The van der Waals surface area contributed by atoms with Gasteiger partial charge in [0.1, 0.15) is 0 Å². The number of likely N-dealkylation sites (tertiary alicyclic amines) is 1. The van der Waals surface area contributed by atoms with E-state index in [0.29, 0.717) is 25.4 Å². The van der Waals surface area contributed by atoms with E-state index >= 15 is 0 Å². The summed E-state index contributed by atoms with van der Waals surface area (Å²) >= 11 is 0. The minimum atomic E-state index is -0.296. The van der Waals surface area contributed by atoms with Crippen molar-refractivity contribution in [3.05, 3.63) is 35.4 Å². The second-order valence-corrected chi connectivity index (χ2v) is 5.09. The molecule has 1 unspecified atom stereocenters. The molecule has 0 spiro atoms. The Balaban J connectivity index is 1.65. The van der Waals surface area contributed by atoms with Gasteiger partial charge in [-0.3, -0.25) is 4.79 Å². The molecule has 2 aliphatic rings. The van der Waals surface area contributed by atoms with Gasteiger partial charge in [-0.1, -0.05) is 24.3 Å².